The van der Waals surface area contributed by atoms with Crippen molar-refractivity contribution in [2.45, 2.75) is 38.6 Å². The summed E-state index contributed by atoms with van der Waals surface area (Å²) in [6.07, 6.45) is 6.67. The van der Waals surface area contributed by atoms with E-state index in [2.05, 4.69) is 5.32 Å². The quantitative estimate of drug-likeness (QED) is 0.879. The maximum Gasteiger partial charge on any atom is 0.317 e. The number of hydrogen-bond acceptors (Lipinski definition) is 4. The van der Waals surface area contributed by atoms with Crippen molar-refractivity contribution in [3.63, 3.8) is 0 Å². The summed E-state index contributed by atoms with van der Waals surface area (Å²) in [6, 6.07) is 3.53. The van der Waals surface area contributed by atoms with Gasteiger partial charge in [0, 0.05) is 44.8 Å². The molecule has 4 rings (SSSR count). The van der Waals surface area contributed by atoms with E-state index in [4.69, 9.17) is 9.15 Å². The Hall–Kier alpha value is -2.02. The molecule has 3 aliphatic heterocycles. The topological polar surface area (TPSA) is 75.0 Å². The number of nitrogens with zero attached hydrogens (tertiary/aromatic N) is 2. The molecule has 1 spiro atoms. The zero-order valence-electron chi connectivity index (χ0n) is 15.8. The van der Waals surface area contributed by atoms with Crippen LogP contribution in [0.15, 0.2) is 22.8 Å². The van der Waals surface area contributed by atoms with Gasteiger partial charge in [0.05, 0.1) is 18.7 Å². The van der Waals surface area contributed by atoms with Gasteiger partial charge < -0.3 is 24.3 Å². The van der Waals surface area contributed by atoms with E-state index in [1.807, 2.05) is 21.9 Å². The Kier molecular flexibility index (Phi) is 5.38. The second-order valence-electron chi connectivity index (χ2n) is 8.03. The molecule has 3 aliphatic rings. The molecule has 1 N–H and O–H groups in total. The first-order chi connectivity index (χ1) is 13.2. The minimum atomic E-state index is -0.144. The molecular formula is C20H29N3O4. The number of furan rings is 1. The van der Waals surface area contributed by atoms with Gasteiger partial charge in [-0.3, -0.25) is 4.79 Å². The molecule has 7 heteroatoms. The molecule has 0 radical (unpaired) electrons. The van der Waals surface area contributed by atoms with Crippen molar-refractivity contribution in [1.29, 1.82) is 0 Å². The minimum Gasteiger partial charge on any atom is -0.467 e. The molecule has 0 saturated carbocycles. The molecule has 1 aromatic rings. The molecule has 1 aromatic heterocycles. The van der Waals surface area contributed by atoms with E-state index in [1.54, 1.807) is 6.26 Å². The van der Waals surface area contributed by atoms with E-state index in [-0.39, 0.29) is 23.3 Å². The van der Waals surface area contributed by atoms with Gasteiger partial charge in [0.25, 0.3) is 0 Å². The van der Waals surface area contributed by atoms with Crippen LogP contribution in [0.25, 0.3) is 0 Å². The van der Waals surface area contributed by atoms with Crippen molar-refractivity contribution in [3.8, 4) is 0 Å². The number of nitrogens with one attached hydrogen (secondary N) is 1. The van der Waals surface area contributed by atoms with Crippen molar-refractivity contribution in [2.24, 2.45) is 11.3 Å². The van der Waals surface area contributed by atoms with E-state index in [9.17, 15) is 9.59 Å². The zero-order chi connectivity index (χ0) is 18.7. The van der Waals surface area contributed by atoms with Crippen molar-refractivity contribution < 1.29 is 18.7 Å². The van der Waals surface area contributed by atoms with Crippen LogP contribution >= 0.6 is 0 Å². The van der Waals surface area contributed by atoms with Crippen LogP contribution in [0, 0.1) is 11.3 Å². The van der Waals surface area contributed by atoms with E-state index >= 15 is 0 Å². The van der Waals surface area contributed by atoms with Crippen molar-refractivity contribution in [2.75, 3.05) is 39.4 Å². The van der Waals surface area contributed by atoms with Gasteiger partial charge in [0.15, 0.2) is 0 Å². The number of amides is 3. The Morgan fingerprint density at radius 1 is 1.15 bits per heavy atom. The van der Waals surface area contributed by atoms with Crippen LogP contribution in [0.5, 0.6) is 0 Å². The molecule has 27 heavy (non-hydrogen) atoms. The molecule has 0 aromatic carbocycles. The van der Waals surface area contributed by atoms with Gasteiger partial charge in [-0.2, -0.15) is 0 Å². The highest BCUT2D eigenvalue weighted by molar-refractivity contribution is 5.83. The van der Waals surface area contributed by atoms with Crippen LogP contribution in [0.1, 0.15) is 37.9 Å². The Morgan fingerprint density at radius 3 is 2.63 bits per heavy atom. The second kappa shape index (κ2) is 7.92. The summed E-state index contributed by atoms with van der Waals surface area (Å²) in [7, 11) is 0. The fraction of sp³-hybridized carbons (Fsp3) is 0.700. The summed E-state index contributed by atoms with van der Waals surface area (Å²) in [5.74, 6) is 0.844. The lowest BCUT2D eigenvalue weighted by Gasteiger charge is -2.39. The first kappa shape index (κ1) is 18.3. The molecule has 3 fully saturated rings. The summed E-state index contributed by atoms with van der Waals surface area (Å²) in [4.78, 5) is 29.9. The number of carbonyl (C=O) groups is 2. The minimum absolute atomic E-state index is 0.117. The van der Waals surface area contributed by atoms with Crippen LogP contribution in [-0.4, -0.2) is 61.1 Å². The number of piperidine rings is 1. The average molecular weight is 375 g/mol. The molecule has 3 amide bonds. The molecule has 4 heterocycles. The van der Waals surface area contributed by atoms with Crippen LogP contribution < -0.4 is 5.32 Å². The number of carbonyl (C=O) groups excluding carboxylic acids is 2. The summed E-state index contributed by atoms with van der Waals surface area (Å²) in [5.41, 5.74) is -0.144. The lowest BCUT2D eigenvalue weighted by atomic mass is 9.71. The normalized spacial score (nSPS) is 25.0. The van der Waals surface area contributed by atoms with E-state index in [0.29, 0.717) is 32.8 Å². The summed E-state index contributed by atoms with van der Waals surface area (Å²) in [5, 5.41) is 2.93. The third kappa shape index (κ3) is 3.83. The van der Waals surface area contributed by atoms with Crippen molar-refractivity contribution in [3.05, 3.63) is 24.2 Å². The Balaban J connectivity index is 1.45. The van der Waals surface area contributed by atoms with E-state index < -0.39 is 0 Å². The fourth-order valence-corrected chi connectivity index (χ4v) is 4.77. The lowest BCUT2D eigenvalue weighted by molar-refractivity contribution is -0.141. The monoisotopic (exact) mass is 375 g/mol. The molecule has 1 atom stereocenters. The molecule has 0 unspecified atom stereocenters. The average Bonchev–Trinajstić information content (AvgIpc) is 3.35. The molecule has 3 saturated heterocycles. The third-order valence-electron chi connectivity index (χ3n) is 6.38. The van der Waals surface area contributed by atoms with Crippen molar-refractivity contribution in [1.82, 2.24) is 15.1 Å². The number of ether oxygens (including phenoxy) is 1. The predicted octanol–water partition coefficient (Wildman–Crippen LogP) is 2.23. The van der Waals surface area contributed by atoms with Gasteiger partial charge in [-0.05, 0) is 44.2 Å². The van der Waals surface area contributed by atoms with Gasteiger partial charge in [0.1, 0.15) is 5.76 Å². The molecule has 0 bridgehead atoms. The maximum absolute atomic E-state index is 13.3. The zero-order valence-corrected chi connectivity index (χ0v) is 15.8. The van der Waals surface area contributed by atoms with Crippen molar-refractivity contribution >= 4 is 11.9 Å². The molecule has 0 aliphatic carbocycles. The molecular weight excluding hydrogens is 346 g/mol. The van der Waals surface area contributed by atoms with E-state index in [1.165, 1.54) is 6.42 Å². The highest BCUT2D eigenvalue weighted by Gasteiger charge is 2.52. The predicted molar refractivity (Wildman–Crippen MR) is 98.9 cm³/mol. The first-order valence-corrected chi connectivity index (χ1v) is 10.1. The number of likely N-dealkylation sites (tertiary alicyclic amines) is 2. The van der Waals surface area contributed by atoms with Gasteiger partial charge in [-0.1, -0.05) is 0 Å². The SMILES string of the molecule is O=C(NCc1ccco1)N1C[C@@H](C(=O)N2CCCCC2)C2(CCOCC2)C1. The second-order valence-corrected chi connectivity index (χ2v) is 8.03. The standard InChI is InChI=1S/C20H29N3O4/c24-18(22-8-2-1-3-9-22)17-14-23(15-20(17)6-11-26-12-7-20)19(25)21-13-16-5-4-10-27-16/h4-5,10,17H,1-3,6-9,11-15H2,(H,21,25)/t17-/m0/s1. The highest BCUT2D eigenvalue weighted by Crippen LogP contribution is 2.45. The van der Waals surface area contributed by atoms with Crippen LogP contribution in [-0.2, 0) is 16.1 Å². The first-order valence-electron chi connectivity index (χ1n) is 10.1. The fourth-order valence-electron chi connectivity index (χ4n) is 4.77. The Bertz CT molecular complexity index is 648. The van der Waals surface area contributed by atoms with Crippen LogP contribution in [0.4, 0.5) is 4.79 Å². The summed E-state index contributed by atoms with van der Waals surface area (Å²) >= 11 is 0. The summed E-state index contributed by atoms with van der Waals surface area (Å²) < 4.78 is 10.9. The van der Waals surface area contributed by atoms with Crippen LogP contribution in [0.2, 0.25) is 0 Å². The van der Waals surface area contributed by atoms with Gasteiger partial charge in [0.2, 0.25) is 5.91 Å². The smallest absolute Gasteiger partial charge is 0.317 e. The number of rotatable bonds is 3. The Morgan fingerprint density at radius 2 is 1.93 bits per heavy atom. The number of hydrogen-bond donors (Lipinski definition) is 1. The molecule has 7 nitrogen and oxygen atoms in total. The summed E-state index contributed by atoms with van der Waals surface area (Å²) in [6.45, 7) is 4.55. The maximum atomic E-state index is 13.3. The van der Waals surface area contributed by atoms with Gasteiger partial charge in [-0.15, -0.1) is 0 Å². The third-order valence-corrected chi connectivity index (χ3v) is 6.38. The largest absolute Gasteiger partial charge is 0.467 e. The Labute approximate surface area is 160 Å². The van der Waals surface area contributed by atoms with Gasteiger partial charge in [-0.25, -0.2) is 4.79 Å². The van der Waals surface area contributed by atoms with E-state index in [0.717, 1.165) is 44.5 Å². The highest BCUT2D eigenvalue weighted by atomic mass is 16.5. The van der Waals surface area contributed by atoms with Gasteiger partial charge >= 0.3 is 6.03 Å². The number of urea groups is 1. The molecule has 148 valence electrons. The van der Waals surface area contributed by atoms with Crippen LogP contribution in [0.3, 0.4) is 0 Å². The lowest BCUT2D eigenvalue weighted by Crippen LogP contribution is -2.47.